The largest absolute Gasteiger partial charge is 0.341 e. The van der Waals surface area contributed by atoms with E-state index in [-0.39, 0.29) is 5.41 Å². The van der Waals surface area contributed by atoms with Gasteiger partial charge in [-0.15, -0.1) is 0 Å². The topological polar surface area (TPSA) is 6.48 Å². The van der Waals surface area contributed by atoms with Crippen LogP contribution >= 0.6 is 0 Å². The summed E-state index contributed by atoms with van der Waals surface area (Å²) in [4.78, 5) is 5.12. The zero-order valence-electron chi connectivity index (χ0n) is 39.4. The molecule has 2 heterocycles. The molecule has 0 bridgehead atoms. The lowest BCUT2D eigenvalue weighted by Gasteiger charge is -2.32. The van der Waals surface area contributed by atoms with Crippen LogP contribution in [0.3, 0.4) is 0 Å². The van der Waals surface area contributed by atoms with E-state index in [1.807, 2.05) is 0 Å². The molecule has 13 rings (SSSR count). The molecule has 69 heavy (non-hydrogen) atoms. The second kappa shape index (κ2) is 16.7. The molecule has 10 aromatic carbocycles. The molecule has 1 aliphatic carbocycles. The summed E-state index contributed by atoms with van der Waals surface area (Å²) in [5.74, 6) is 0. The lowest BCUT2D eigenvalue weighted by atomic mass is 9.80. The number of anilines is 4. The van der Waals surface area contributed by atoms with E-state index < -0.39 is 0 Å². The molecule has 0 aromatic heterocycles. The summed E-state index contributed by atoms with van der Waals surface area (Å²) in [5, 5.41) is 5.09. The van der Waals surface area contributed by atoms with Gasteiger partial charge in [-0.05, 0) is 174 Å². The third kappa shape index (κ3) is 7.00. The maximum absolute atomic E-state index is 2.56. The van der Waals surface area contributed by atoms with Gasteiger partial charge in [0.05, 0.1) is 0 Å². The van der Waals surface area contributed by atoms with Crippen LogP contribution in [0.2, 0.25) is 0 Å². The quantitative estimate of drug-likeness (QED) is 0.116. The smallest absolute Gasteiger partial charge is 0.0443 e. The van der Waals surface area contributed by atoms with Gasteiger partial charge in [0.2, 0.25) is 0 Å². The average Bonchev–Trinajstić information content (AvgIpc) is 3.64. The molecule has 0 spiro atoms. The highest BCUT2D eigenvalue weighted by Crippen LogP contribution is 2.52. The third-order valence-electron chi connectivity index (χ3n) is 15.5. The molecule has 2 nitrogen and oxygen atoms in total. The van der Waals surface area contributed by atoms with Crippen molar-refractivity contribution in [3.05, 3.63) is 251 Å². The molecule has 0 N–H and O–H groups in total. The monoisotopic (exact) mass is 886 g/mol. The van der Waals surface area contributed by atoms with Gasteiger partial charge in [-0.3, -0.25) is 0 Å². The Morgan fingerprint density at radius 2 is 0.913 bits per heavy atom. The molecule has 0 saturated heterocycles. The third-order valence-corrected chi connectivity index (χ3v) is 15.5. The SMILES string of the molecule is CC1(C)c2ccccc2-c2ccc(-c3c4ccc(N5CCCc6ccccc65)cc4c(-c4ccc(C=C(c5ccccc5)c5ccccc5)cc4)c4ccc(N5CCCc6ccccc65)cc34)cc21. The second-order valence-electron chi connectivity index (χ2n) is 19.8. The molecule has 10 aromatic rings. The summed E-state index contributed by atoms with van der Waals surface area (Å²) in [6.07, 6.45) is 6.82. The minimum Gasteiger partial charge on any atom is -0.341 e. The fourth-order valence-corrected chi connectivity index (χ4v) is 12.1. The summed E-state index contributed by atoms with van der Waals surface area (Å²) in [6, 6.07) is 79.9. The summed E-state index contributed by atoms with van der Waals surface area (Å²) < 4.78 is 0. The van der Waals surface area contributed by atoms with Crippen LogP contribution in [0.15, 0.2) is 212 Å². The predicted molar refractivity (Wildman–Crippen MR) is 293 cm³/mol. The summed E-state index contributed by atoms with van der Waals surface area (Å²) in [6.45, 7) is 6.78. The molecule has 0 radical (unpaired) electrons. The van der Waals surface area contributed by atoms with E-state index in [4.69, 9.17) is 0 Å². The van der Waals surface area contributed by atoms with Gasteiger partial charge in [0, 0.05) is 41.3 Å². The molecule has 332 valence electrons. The maximum atomic E-state index is 2.56. The van der Waals surface area contributed by atoms with E-state index >= 15 is 0 Å². The fourth-order valence-electron chi connectivity index (χ4n) is 12.1. The molecule has 0 fully saturated rings. The van der Waals surface area contributed by atoms with Crippen molar-refractivity contribution < 1.29 is 0 Å². The molecule has 2 heteroatoms. The highest BCUT2D eigenvalue weighted by atomic mass is 15.1. The van der Waals surface area contributed by atoms with Crippen LogP contribution in [0.4, 0.5) is 22.7 Å². The van der Waals surface area contributed by atoms with Crippen LogP contribution in [-0.2, 0) is 18.3 Å². The molecular formula is C67H54N2. The molecule has 2 aliphatic heterocycles. The van der Waals surface area contributed by atoms with E-state index in [0.717, 1.165) is 38.8 Å². The lowest BCUT2D eigenvalue weighted by molar-refractivity contribution is 0.660. The minimum absolute atomic E-state index is 0.123. The number of hydrogen-bond donors (Lipinski definition) is 0. The van der Waals surface area contributed by atoms with Crippen molar-refractivity contribution in [1.82, 2.24) is 0 Å². The molecule has 0 saturated carbocycles. The Hall–Kier alpha value is -7.94. The van der Waals surface area contributed by atoms with Crippen molar-refractivity contribution in [3.8, 4) is 33.4 Å². The number of benzene rings is 10. The van der Waals surface area contributed by atoms with Crippen molar-refractivity contribution >= 4 is 55.9 Å². The second-order valence-corrected chi connectivity index (χ2v) is 19.8. The Morgan fingerprint density at radius 1 is 0.420 bits per heavy atom. The van der Waals surface area contributed by atoms with E-state index in [2.05, 4.69) is 242 Å². The number of para-hydroxylation sites is 2. The van der Waals surface area contributed by atoms with Crippen molar-refractivity contribution in [2.75, 3.05) is 22.9 Å². The number of hydrogen-bond acceptors (Lipinski definition) is 2. The first-order chi connectivity index (χ1) is 34.0. The van der Waals surface area contributed by atoms with E-state index in [9.17, 15) is 0 Å². The first-order valence-electron chi connectivity index (χ1n) is 24.9. The van der Waals surface area contributed by atoms with Crippen LogP contribution in [0.1, 0.15) is 65.6 Å². The molecule has 3 aliphatic rings. The van der Waals surface area contributed by atoms with Gasteiger partial charge in [-0.2, -0.15) is 0 Å². The fraction of sp³-hybridized carbons (Fsp3) is 0.134. The summed E-state index contributed by atoms with van der Waals surface area (Å²) in [7, 11) is 0. The average molecular weight is 887 g/mol. The van der Waals surface area contributed by atoms with Gasteiger partial charge in [0.1, 0.15) is 0 Å². The van der Waals surface area contributed by atoms with Crippen molar-refractivity contribution in [2.45, 2.75) is 44.9 Å². The molecule has 0 unspecified atom stereocenters. The number of fused-ring (bicyclic) bond motifs is 7. The first-order valence-corrected chi connectivity index (χ1v) is 24.9. The van der Waals surface area contributed by atoms with E-state index in [0.29, 0.717) is 0 Å². The Labute approximate surface area is 406 Å². The molecule has 0 atom stereocenters. The van der Waals surface area contributed by atoms with Crippen LogP contribution in [0.5, 0.6) is 0 Å². The zero-order valence-corrected chi connectivity index (χ0v) is 39.4. The number of nitrogens with zero attached hydrogens (tertiary/aromatic N) is 2. The van der Waals surface area contributed by atoms with Crippen molar-refractivity contribution in [3.63, 3.8) is 0 Å². The van der Waals surface area contributed by atoms with Crippen LogP contribution < -0.4 is 9.80 Å². The number of aryl methyl sites for hydroxylation is 2. The van der Waals surface area contributed by atoms with Crippen LogP contribution in [0.25, 0.3) is 66.6 Å². The zero-order chi connectivity index (χ0) is 46.1. The van der Waals surface area contributed by atoms with E-state index in [1.165, 1.54) is 122 Å². The highest BCUT2D eigenvalue weighted by molar-refractivity contribution is 6.22. The Morgan fingerprint density at radius 3 is 1.51 bits per heavy atom. The highest BCUT2D eigenvalue weighted by Gasteiger charge is 2.36. The van der Waals surface area contributed by atoms with Gasteiger partial charge >= 0.3 is 0 Å². The minimum atomic E-state index is -0.123. The Balaban J connectivity index is 1.07. The van der Waals surface area contributed by atoms with Crippen LogP contribution in [0, 0.1) is 0 Å². The molecule has 0 amide bonds. The predicted octanol–water partition coefficient (Wildman–Crippen LogP) is 17.4. The Bertz CT molecular complexity index is 3600. The first kappa shape index (κ1) is 41.3. The van der Waals surface area contributed by atoms with Gasteiger partial charge in [-0.25, -0.2) is 0 Å². The lowest BCUT2D eigenvalue weighted by Crippen LogP contribution is -2.24. The van der Waals surface area contributed by atoms with Gasteiger partial charge in [0.25, 0.3) is 0 Å². The Kier molecular flexibility index (Phi) is 9.98. The number of rotatable bonds is 7. The van der Waals surface area contributed by atoms with Crippen LogP contribution in [-0.4, -0.2) is 13.1 Å². The maximum Gasteiger partial charge on any atom is 0.0443 e. The summed E-state index contributed by atoms with van der Waals surface area (Å²) in [5.41, 5.74) is 23.2. The van der Waals surface area contributed by atoms with Gasteiger partial charge in [0.15, 0.2) is 0 Å². The standard InChI is InChI=1S/C67H54N2/c1-67(2)61-26-12-11-25-54(61)55-36-33-51(42-62(55)67)66-57-38-35-52(68-39-15-23-48-21-9-13-27-63(48)68)43-59(57)65(56-37-34-53(44-60(56)66)69-40-16-24-49-22-10-14-28-64(49)69)50-31-29-45(30-32-50)41-58(46-17-5-3-6-18-46)47-19-7-4-8-20-47/h3-14,17-22,25-38,41-44H,15-16,23-24,39-40H2,1-2H3. The summed E-state index contributed by atoms with van der Waals surface area (Å²) >= 11 is 0. The normalized spacial score (nSPS) is 14.5. The van der Waals surface area contributed by atoms with Gasteiger partial charge < -0.3 is 9.80 Å². The van der Waals surface area contributed by atoms with Crippen molar-refractivity contribution in [2.24, 2.45) is 0 Å². The molecular weight excluding hydrogens is 833 g/mol. The van der Waals surface area contributed by atoms with Crippen molar-refractivity contribution in [1.29, 1.82) is 0 Å². The van der Waals surface area contributed by atoms with E-state index in [1.54, 1.807) is 0 Å². The van der Waals surface area contributed by atoms with Gasteiger partial charge in [-0.1, -0.05) is 184 Å².